The van der Waals surface area contributed by atoms with E-state index in [2.05, 4.69) is 22.6 Å². The van der Waals surface area contributed by atoms with Crippen LogP contribution in [0.15, 0.2) is 17.5 Å². The first-order valence-corrected chi connectivity index (χ1v) is 6.24. The molecule has 0 spiro atoms. The molecule has 0 N–H and O–H groups in total. The summed E-state index contributed by atoms with van der Waals surface area (Å²) in [5.41, 5.74) is 0. The zero-order valence-corrected chi connectivity index (χ0v) is 10.9. The third kappa shape index (κ3) is 1.37. The normalized spacial score (nSPS) is 10.9. The molecule has 0 amide bonds. The zero-order valence-electron chi connectivity index (χ0n) is 5.77. The van der Waals surface area contributed by atoms with E-state index in [9.17, 15) is 4.39 Å². The van der Waals surface area contributed by atoms with Gasteiger partial charge in [-0.2, -0.15) is 0 Å². The zero-order chi connectivity index (χ0) is 8.72. The predicted octanol–water partition coefficient (Wildman–Crippen LogP) is 4.25. The first-order valence-electron chi connectivity index (χ1n) is 3.21. The second-order valence-corrected chi connectivity index (χ2v) is 5.42. The molecule has 0 nitrogen and oxygen atoms in total. The molecule has 0 aliphatic heterocycles. The summed E-state index contributed by atoms with van der Waals surface area (Å²) in [6, 6.07) is 3.63. The van der Waals surface area contributed by atoms with Crippen LogP contribution in [-0.2, 0) is 0 Å². The van der Waals surface area contributed by atoms with Crippen molar-refractivity contribution >= 4 is 66.6 Å². The minimum atomic E-state index is -0.116. The predicted molar refractivity (Wildman–Crippen MR) is 67.2 cm³/mol. The summed E-state index contributed by atoms with van der Waals surface area (Å²) in [5, 5.41) is 3.15. The van der Waals surface area contributed by atoms with Crippen molar-refractivity contribution in [3.8, 4) is 0 Å². The van der Waals surface area contributed by atoms with Gasteiger partial charge >= 0.3 is 0 Å². The summed E-state index contributed by atoms with van der Waals surface area (Å²) in [6.07, 6.45) is 0. The average Bonchev–Trinajstić information content (AvgIpc) is 2.48. The molecular formula is C8H3FI2S. The van der Waals surface area contributed by atoms with Crippen LogP contribution in [-0.4, -0.2) is 0 Å². The van der Waals surface area contributed by atoms with Gasteiger partial charge in [0.1, 0.15) is 5.82 Å². The SMILES string of the molecule is Fc1cc2sccc2c(I)c1I. The van der Waals surface area contributed by atoms with Crippen LogP contribution in [0.4, 0.5) is 4.39 Å². The monoisotopic (exact) mass is 404 g/mol. The second-order valence-electron chi connectivity index (χ2n) is 2.32. The fraction of sp³-hybridized carbons (Fsp3) is 0. The summed E-state index contributed by atoms with van der Waals surface area (Å²) in [5.74, 6) is -0.116. The highest BCUT2D eigenvalue weighted by Gasteiger charge is 2.08. The molecule has 0 saturated carbocycles. The van der Waals surface area contributed by atoms with E-state index in [4.69, 9.17) is 0 Å². The van der Waals surface area contributed by atoms with E-state index in [1.54, 1.807) is 17.4 Å². The van der Waals surface area contributed by atoms with Crippen molar-refractivity contribution in [2.75, 3.05) is 0 Å². The molecule has 0 fully saturated rings. The number of halogens is 3. The third-order valence-corrected chi connectivity index (χ3v) is 5.66. The maximum absolute atomic E-state index is 13.2. The molecule has 12 heavy (non-hydrogen) atoms. The Hall–Kier alpha value is 0.570. The van der Waals surface area contributed by atoms with Crippen LogP contribution in [0.2, 0.25) is 0 Å². The lowest BCUT2D eigenvalue weighted by Crippen LogP contribution is -1.85. The number of thiophene rings is 1. The van der Waals surface area contributed by atoms with Crippen molar-refractivity contribution in [2.24, 2.45) is 0 Å². The van der Waals surface area contributed by atoms with E-state index in [1.165, 1.54) is 0 Å². The summed E-state index contributed by atoms with van der Waals surface area (Å²) in [4.78, 5) is 0. The molecule has 2 aromatic rings. The Morgan fingerprint density at radius 1 is 1.25 bits per heavy atom. The van der Waals surface area contributed by atoms with Crippen LogP contribution in [0.5, 0.6) is 0 Å². The van der Waals surface area contributed by atoms with Crippen LogP contribution in [0.1, 0.15) is 0 Å². The van der Waals surface area contributed by atoms with E-state index in [1.807, 2.05) is 34.0 Å². The van der Waals surface area contributed by atoms with Crippen molar-refractivity contribution in [3.05, 3.63) is 30.5 Å². The second kappa shape index (κ2) is 3.38. The highest BCUT2D eigenvalue weighted by molar-refractivity contribution is 14.1. The summed E-state index contributed by atoms with van der Waals surface area (Å²) >= 11 is 5.80. The lowest BCUT2D eigenvalue weighted by Gasteiger charge is -1.99. The van der Waals surface area contributed by atoms with Gasteiger partial charge < -0.3 is 0 Å². The van der Waals surface area contributed by atoms with E-state index in [0.717, 1.165) is 17.2 Å². The third-order valence-electron chi connectivity index (χ3n) is 1.59. The van der Waals surface area contributed by atoms with Crippen LogP contribution in [0.25, 0.3) is 10.1 Å². The number of benzene rings is 1. The van der Waals surface area contributed by atoms with Crippen LogP contribution in [0.3, 0.4) is 0 Å². The number of hydrogen-bond donors (Lipinski definition) is 0. The highest BCUT2D eigenvalue weighted by Crippen LogP contribution is 2.30. The van der Waals surface area contributed by atoms with Crippen LogP contribution in [0, 0.1) is 13.0 Å². The van der Waals surface area contributed by atoms with Crippen molar-refractivity contribution in [3.63, 3.8) is 0 Å². The smallest absolute Gasteiger partial charge is 0.139 e. The molecule has 0 aliphatic rings. The van der Waals surface area contributed by atoms with Gasteiger partial charge in [-0.05, 0) is 62.7 Å². The van der Waals surface area contributed by atoms with Crippen molar-refractivity contribution in [1.82, 2.24) is 0 Å². The molecule has 62 valence electrons. The van der Waals surface area contributed by atoms with Gasteiger partial charge in [0, 0.05) is 13.7 Å². The Morgan fingerprint density at radius 2 is 2.00 bits per heavy atom. The highest BCUT2D eigenvalue weighted by atomic mass is 127. The van der Waals surface area contributed by atoms with E-state index in [-0.39, 0.29) is 5.82 Å². The van der Waals surface area contributed by atoms with Gasteiger partial charge in [-0.15, -0.1) is 11.3 Å². The topological polar surface area (TPSA) is 0 Å². The lowest BCUT2D eigenvalue weighted by atomic mass is 10.3. The molecule has 0 saturated heterocycles. The largest absolute Gasteiger partial charge is 0.206 e. The van der Waals surface area contributed by atoms with Crippen molar-refractivity contribution < 1.29 is 4.39 Å². The van der Waals surface area contributed by atoms with Crippen molar-refractivity contribution in [2.45, 2.75) is 0 Å². The molecule has 0 aliphatic carbocycles. The quantitative estimate of drug-likeness (QED) is 0.455. The van der Waals surface area contributed by atoms with E-state index >= 15 is 0 Å². The molecule has 4 heteroatoms. The molecule has 1 aromatic heterocycles. The lowest BCUT2D eigenvalue weighted by molar-refractivity contribution is 0.621. The Labute approximate surface area is 100 Å². The summed E-state index contributed by atoms with van der Waals surface area (Å²) in [7, 11) is 0. The Bertz CT molecular complexity index is 436. The Kier molecular flexibility index (Phi) is 2.57. The maximum Gasteiger partial charge on any atom is 0.139 e. The fourth-order valence-corrected chi connectivity index (χ4v) is 3.19. The van der Waals surface area contributed by atoms with Gasteiger partial charge in [-0.1, -0.05) is 0 Å². The fourth-order valence-electron chi connectivity index (χ4n) is 1.02. The van der Waals surface area contributed by atoms with Crippen LogP contribution < -0.4 is 0 Å². The molecule has 0 unspecified atom stereocenters. The minimum Gasteiger partial charge on any atom is -0.206 e. The summed E-state index contributed by atoms with van der Waals surface area (Å²) < 4.78 is 15.9. The first-order chi connectivity index (χ1) is 5.70. The maximum atomic E-state index is 13.2. The molecule has 0 bridgehead atoms. The Morgan fingerprint density at radius 3 is 2.75 bits per heavy atom. The Balaban J connectivity index is 2.94. The minimum absolute atomic E-state index is 0.116. The average molecular weight is 404 g/mol. The molecule has 2 rings (SSSR count). The van der Waals surface area contributed by atoms with Gasteiger partial charge in [0.05, 0.1) is 3.57 Å². The standard InChI is InChI=1S/C8H3FI2S/c9-5-3-6-4(1-2-12-6)7(10)8(5)11/h1-3H. The van der Waals surface area contributed by atoms with Crippen molar-refractivity contribution in [1.29, 1.82) is 0 Å². The first kappa shape index (κ1) is 9.14. The molecule has 0 atom stereocenters. The van der Waals surface area contributed by atoms with Crippen LogP contribution >= 0.6 is 56.5 Å². The van der Waals surface area contributed by atoms with Gasteiger partial charge in [-0.3, -0.25) is 0 Å². The molecule has 0 radical (unpaired) electrons. The van der Waals surface area contributed by atoms with E-state index in [0.29, 0.717) is 0 Å². The van der Waals surface area contributed by atoms with E-state index < -0.39 is 0 Å². The number of rotatable bonds is 0. The molecule has 1 aromatic carbocycles. The van der Waals surface area contributed by atoms with Gasteiger partial charge in [0.2, 0.25) is 0 Å². The summed E-state index contributed by atoms with van der Waals surface area (Å²) in [6.45, 7) is 0. The van der Waals surface area contributed by atoms with Gasteiger partial charge in [-0.25, -0.2) is 4.39 Å². The molecular weight excluding hydrogens is 401 g/mol. The van der Waals surface area contributed by atoms with Gasteiger partial charge in [0.15, 0.2) is 0 Å². The molecule has 1 heterocycles. The number of hydrogen-bond acceptors (Lipinski definition) is 1. The number of fused-ring (bicyclic) bond motifs is 1. The van der Waals surface area contributed by atoms with Gasteiger partial charge in [0.25, 0.3) is 0 Å².